The number of carboxylic acid groups (broad SMARTS) is 1. The summed E-state index contributed by atoms with van der Waals surface area (Å²) in [5.74, 6) is -1.34. The van der Waals surface area contributed by atoms with Crippen molar-refractivity contribution in [3.8, 4) is 0 Å². The fourth-order valence-corrected chi connectivity index (χ4v) is 2.71. The average Bonchev–Trinajstić information content (AvgIpc) is 2.63. The molecule has 1 aromatic rings. The van der Waals surface area contributed by atoms with Gasteiger partial charge in [-0.2, -0.15) is 0 Å². The highest BCUT2D eigenvalue weighted by Crippen LogP contribution is 2.25. The van der Waals surface area contributed by atoms with Crippen LogP contribution in [0.15, 0.2) is 18.2 Å². The van der Waals surface area contributed by atoms with Gasteiger partial charge in [0.05, 0.1) is 12.1 Å². The molecule has 7 heteroatoms. The lowest BCUT2D eigenvalue weighted by Crippen LogP contribution is -2.34. The van der Waals surface area contributed by atoms with E-state index >= 15 is 0 Å². The molecule has 1 amide bonds. The second-order valence-corrected chi connectivity index (χ2v) is 5.47. The van der Waals surface area contributed by atoms with E-state index in [9.17, 15) is 9.59 Å². The molecule has 0 unspecified atom stereocenters. The Balaban J connectivity index is 2.15. The summed E-state index contributed by atoms with van der Waals surface area (Å²) in [5.41, 5.74) is 6.56. The number of aliphatic carboxylic acids is 1. The molecule has 0 radical (unpaired) electrons. The maximum atomic E-state index is 11.6. The van der Waals surface area contributed by atoms with Gasteiger partial charge in [-0.1, -0.05) is 11.6 Å². The van der Waals surface area contributed by atoms with Gasteiger partial charge in [-0.05, 0) is 24.6 Å². The third-order valence-electron chi connectivity index (χ3n) is 3.51. The van der Waals surface area contributed by atoms with Gasteiger partial charge in [0.2, 0.25) is 0 Å². The molecule has 1 aliphatic rings. The van der Waals surface area contributed by atoms with Gasteiger partial charge >= 0.3 is 5.97 Å². The van der Waals surface area contributed by atoms with E-state index in [1.165, 1.54) is 0 Å². The van der Waals surface area contributed by atoms with Crippen molar-refractivity contribution in [2.24, 2.45) is 5.73 Å². The van der Waals surface area contributed by atoms with Crippen molar-refractivity contribution >= 4 is 29.2 Å². The van der Waals surface area contributed by atoms with Crippen molar-refractivity contribution in [1.29, 1.82) is 0 Å². The normalized spacial score (nSPS) is 16.5. The summed E-state index contributed by atoms with van der Waals surface area (Å²) in [4.78, 5) is 26.3. The zero-order valence-electron chi connectivity index (χ0n) is 11.6. The predicted octanol–water partition coefficient (Wildman–Crippen LogP) is 1.04. The number of carbonyl (C=O) groups excluding carboxylic acids is 1. The van der Waals surface area contributed by atoms with Crippen molar-refractivity contribution in [2.75, 3.05) is 37.6 Å². The topological polar surface area (TPSA) is 86.9 Å². The first-order valence-corrected chi connectivity index (χ1v) is 7.13. The highest BCUT2D eigenvalue weighted by molar-refractivity contribution is 6.31. The lowest BCUT2D eigenvalue weighted by molar-refractivity contribution is -0.138. The summed E-state index contributed by atoms with van der Waals surface area (Å²) in [6, 6.07) is 5.08. The number of anilines is 1. The second-order valence-electron chi connectivity index (χ2n) is 5.04. The Morgan fingerprint density at radius 3 is 2.67 bits per heavy atom. The Bertz CT molecular complexity index is 550. The van der Waals surface area contributed by atoms with E-state index in [0.29, 0.717) is 23.7 Å². The second kappa shape index (κ2) is 6.78. The minimum atomic E-state index is -0.826. The summed E-state index contributed by atoms with van der Waals surface area (Å²) in [6.07, 6.45) is 0.827. The van der Waals surface area contributed by atoms with Crippen LogP contribution in [0.4, 0.5) is 5.69 Å². The number of carbonyl (C=O) groups is 2. The molecule has 0 aliphatic carbocycles. The molecule has 114 valence electrons. The van der Waals surface area contributed by atoms with Crippen molar-refractivity contribution in [1.82, 2.24) is 4.90 Å². The van der Waals surface area contributed by atoms with E-state index < -0.39 is 11.9 Å². The quantitative estimate of drug-likeness (QED) is 0.867. The number of benzene rings is 1. The van der Waals surface area contributed by atoms with Crippen LogP contribution in [-0.2, 0) is 4.79 Å². The van der Waals surface area contributed by atoms with Crippen LogP contribution in [0.1, 0.15) is 16.8 Å². The number of rotatable bonds is 4. The van der Waals surface area contributed by atoms with Crippen LogP contribution in [0.25, 0.3) is 0 Å². The standard InChI is InChI=1S/C14H18ClN3O3/c15-10-2-3-12(11(8-10)14(16)21)18-5-1-4-17(6-7-18)9-13(19)20/h2-3,8H,1,4-7,9H2,(H2,16,21)(H,19,20). The number of nitrogens with two attached hydrogens (primary N) is 1. The third-order valence-corrected chi connectivity index (χ3v) is 3.75. The van der Waals surface area contributed by atoms with Crippen LogP contribution in [-0.4, -0.2) is 54.6 Å². The molecule has 1 aromatic carbocycles. The number of amides is 1. The first-order chi connectivity index (χ1) is 9.97. The summed E-state index contributed by atoms with van der Waals surface area (Å²) >= 11 is 5.91. The molecular formula is C14H18ClN3O3. The van der Waals surface area contributed by atoms with E-state index in [1.807, 2.05) is 4.90 Å². The molecule has 0 spiro atoms. The molecule has 0 bridgehead atoms. The number of halogens is 1. The molecule has 2 rings (SSSR count). The largest absolute Gasteiger partial charge is 0.480 e. The molecule has 6 nitrogen and oxygen atoms in total. The molecule has 0 atom stereocenters. The van der Waals surface area contributed by atoms with Crippen LogP contribution in [0, 0.1) is 0 Å². The Morgan fingerprint density at radius 1 is 1.24 bits per heavy atom. The number of primary amides is 1. The fraction of sp³-hybridized carbons (Fsp3) is 0.429. The maximum absolute atomic E-state index is 11.6. The van der Waals surface area contributed by atoms with E-state index in [1.54, 1.807) is 18.2 Å². The minimum Gasteiger partial charge on any atom is -0.480 e. The number of nitrogens with zero attached hydrogens (tertiary/aromatic N) is 2. The molecule has 1 fully saturated rings. The van der Waals surface area contributed by atoms with Gasteiger partial charge in [0.1, 0.15) is 0 Å². The number of hydrogen-bond donors (Lipinski definition) is 2. The van der Waals surface area contributed by atoms with Crippen molar-refractivity contribution in [3.05, 3.63) is 28.8 Å². The zero-order chi connectivity index (χ0) is 15.4. The SMILES string of the molecule is NC(=O)c1cc(Cl)ccc1N1CCCN(CC(=O)O)CC1. The average molecular weight is 312 g/mol. The smallest absolute Gasteiger partial charge is 0.317 e. The molecule has 1 aliphatic heterocycles. The van der Waals surface area contributed by atoms with Crippen LogP contribution < -0.4 is 10.6 Å². The highest BCUT2D eigenvalue weighted by atomic mass is 35.5. The van der Waals surface area contributed by atoms with Gasteiger partial charge in [-0.3, -0.25) is 14.5 Å². The molecular weight excluding hydrogens is 294 g/mol. The van der Waals surface area contributed by atoms with E-state index in [2.05, 4.69) is 4.90 Å². The van der Waals surface area contributed by atoms with Crippen LogP contribution in [0.2, 0.25) is 5.02 Å². The molecule has 1 heterocycles. The van der Waals surface area contributed by atoms with Gasteiger partial charge in [0.25, 0.3) is 5.91 Å². The predicted molar refractivity (Wildman–Crippen MR) is 80.9 cm³/mol. The Hall–Kier alpha value is -1.79. The molecule has 21 heavy (non-hydrogen) atoms. The van der Waals surface area contributed by atoms with Gasteiger partial charge in [-0.15, -0.1) is 0 Å². The van der Waals surface area contributed by atoms with E-state index in [4.69, 9.17) is 22.4 Å². The van der Waals surface area contributed by atoms with Gasteiger partial charge in [0.15, 0.2) is 0 Å². The van der Waals surface area contributed by atoms with Gasteiger partial charge in [-0.25, -0.2) is 0 Å². The van der Waals surface area contributed by atoms with Gasteiger partial charge in [0, 0.05) is 36.9 Å². The van der Waals surface area contributed by atoms with Crippen molar-refractivity contribution in [3.63, 3.8) is 0 Å². The Labute approximate surface area is 128 Å². The van der Waals surface area contributed by atoms with Gasteiger partial charge < -0.3 is 15.7 Å². The molecule has 0 saturated carbocycles. The number of hydrogen-bond acceptors (Lipinski definition) is 4. The lowest BCUT2D eigenvalue weighted by Gasteiger charge is -2.25. The van der Waals surface area contributed by atoms with E-state index in [-0.39, 0.29) is 6.54 Å². The summed E-state index contributed by atoms with van der Waals surface area (Å²) in [5, 5.41) is 9.32. The first kappa shape index (κ1) is 15.6. The third kappa shape index (κ3) is 4.09. The summed E-state index contributed by atoms with van der Waals surface area (Å²) in [7, 11) is 0. The zero-order valence-corrected chi connectivity index (χ0v) is 12.3. The fourth-order valence-electron chi connectivity index (χ4n) is 2.54. The van der Waals surface area contributed by atoms with Crippen LogP contribution in [0.5, 0.6) is 0 Å². The molecule has 0 aromatic heterocycles. The van der Waals surface area contributed by atoms with Crippen molar-refractivity contribution in [2.45, 2.75) is 6.42 Å². The first-order valence-electron chi connectivity index (χ1n) is 6.76. The van der Waals surface area contributed by atoms with Crippen LogP contribution >= 0.6 is 11.6 Å². The summed E-state index contributed by atoms with van der Waals surface area (Å²) < 4.78 is 0. The monoisotopic (exact) mass is 311 g/mol. The minimum absolute atomic E-state index is 0.0388. The van der Waals surface area contributed by atoms with Crippen LogP contribution in [0.3, 0.4) is 0 Å². The summed E-state index contributed by atoms with van der Waals surface area (Å²) in [6.45, 7) is 2.79. The van der Waals surface area contributed by atoms with E-state index in [0.717, 1.165) is 25.2 Å². The molecule has 3 N–H and O–H groups in total. The molecule has 1 saturated heterocycles. The Kier molecular flexibility index (Phi) is 5.03. The highest BCUT2D eigenvalue weighted by Gasteiger charge is 2.20. The maximum Gasteiger partial charge on any atom is 0.317 e. The Morgan fingerprint density at radius 2 is 2.00 bits per heavy atom. The van der Waals surface area contributed by atoms with Crippen molar-refractivity contribution < 1.29 is 14.7 Å². The number of carboxylic acids is 1. The lowest BCUT2D eigenvalue weighted by atomic mass is 10.1.